The number of aromatic nitrogens is 3. The van der Waals surface area contributed by atoms with Crippen LogP contribution >= 0.6 is 0 Å². The molecule has 1 aromatic carbocycles. The van der Waals surface area contributed by atoms with E-state index < -0.39 is 11.6 Å². The van der Waals surface area contributed by atoms with E-state index in [-0.39, 0.29) is 6.10 Å². The minimum absolute atomic E-state index is 0.0105. The smallest absolute Gasteiger partial charge is 0.142 e. The summed E-state index contributed by atoms with van der Waals surface area (Å²) >= 11 is 0. The van der Waals surface area contributed by atoms with E-state index in [1.54, 1.807) is 31.6 Å². The highest BCUT2D eigenvalue weighted by Crippen LogP contribution is 2.26. The van der Waals surface area contributed by atoms with Crippen LogP contribution in [0.1, 0.15) is 6.92 Å². The standard InChI is InChI=1S/C18H17F2N3O/c1-12(24-2)11-23-8-7-21-18(23)15-5-3-13(9-16(15)20)17-6-4-14(19)10-22-17/h3-10,12H,11H2,1-2H3. The first-order chi connectivity index (χ1) is 11.6. The van der Waals surface area contributed by atoms with Gasteiger partial charge in [0.25, 0.3) is 0 Å². The Morgan fingerprint density at radius 2 is 2.00 bits per heavy atom. The minimum atomic E-state index is -0.426. The molecule has 0 spiro atoms. The number of ether oxygens (including phenoxy) is 1. The number of imidazole rings is 1. The Morgan fingerprint density at radius 1 is 1.17 bits per heavy atom. The summed E-state index contributed by atoms with van der Waals surface area (Å²) < 4.78 is 34.6. The lowest BCUT2D eigenvalue weighted by atomic mass is 10.1. The highest BCUT2D eigenvalue weighted by Gasteiger charge is 2.14. The molecule has 0 aliphatic rings. The molecular formula is C18H17F2N3O. The van der Waals surface area contributed by atoms with Crippen molar-refractivity contribution in [1.82, 2.24) is 14.5 Å². The van der Waals surface area contributed by atoms with Crippen molar-refractivity contribution in [3.63, 3.8) is 0 Å². The lowest BCUT2D eigenvalue weighted by Crippen LogP contribution is -2.15. The second kappa shape index (κ2) is 6.88. The molecule has 24 heavy (non-hydrogen) atoms. The number of nitrogens with zero attached hydrogens (tertiary/aromatic N) is 3. The van der Waals surface area contributed by atoms with Gasteiger partial charge in [0, 0.05) is 25.1 Å². The first kappa shape index (κ1) is 16.3. The quantitative estimate of drug-likeness (QED) is 0.712. The summed E-state index contributed by atoms with van der Waals surface area (Å²) in [6.45, 7) is 2.51. The lowest BCUT2D eigenvalue weighted by Gasteiger charge is -2.13. The van der Waals surface area contributed by atoms with Crippen LogP contribution in [0.2, 0.25) is 0 Å². The summed E-state index contributed by atoms with van der Waals surface area (Å²) in [6, 6.07) is 7.61. The fraction of sp³-hybridized carbons (Fsp3) is 0.222. The van der Waals surface area contributed by atoms with Crippen LogP contribution in [-0.4, -0.2) is 27.7 Å². The average molecular weight is 329 g/mol. The number of hydrogen-bond acceptors (Lipinski definition) is 3. The number of rotatable bonds is 5. The van der Waals surface area contributed by atoms with Gasteiger partial charge in [0.05, 0.1) is 30.1 Å². The second-order valence-electron chi connectivity index (χ2n) is 5.51. The molecule has 0 bridgehead atoms. The largest absolute Gasteiger partial charge is 0.380 e. The first-order valence-corrected chi connectivity index (χ1v) is 7.54. The van der Waals surface area contributed by atoms with Crippen LogP contribution in [0, 0.1) is 11.6 Å². The van der Waals surface area contributed by atoms with Crippen LogP contribution in [0.15, 0.2) is 48.9 Å². The van der Waals surface area contributed by atoms with Crippen molar-refractivity contribution in [2.75, 3.05) is 7.11 Å². The first-order valence-electron chi connectivity index (χ1n) is 7.54. The summed E-state index contributed by atoms with van der Waals surface area (Å²) in [5, 5.41) is 0. The maximum Gasteiger partial charge on any atom is 0.142 e. The van der Waals surface area contributed by atoms with Crippen LogP contribution in [0.3, 0.4) is 0 Å². The Balaban J connectivity index is 1.94. The highest BCUT2D eigenvalue weighted by molar-refractivity contribution is 5.66. The number of hydrogen-bond donors (Lipinski definition) is 0. The van der Waals surface area contributed by atoms with Crippen LogP contribution in [0.4, 0.5) is 8.78 Å². The third-order valence-corrected chi connectivity index (χ3v) is 3.80. The SMILES string of the molecule is COC(C)Cn1ccnc1-c1ccc(-c2ccc(F)cn2)cc1F. The van der Waals surface area contributed by atoms with Crippen molar-refractivity contribution < 1.29 is 13.5 Å². The predicted octanol–water partition coefficient (Wildman–Crippen LogP) is 3.93. The van der Waals surface area contributed by atoms with E-state index in [1.165, 1.54) is 18.2 Å². The number of halogens is 2. The van der Waals surface area contributed by atoms with Crippen molar-refractivity contribution in [3.8, 4) is 22.6 Å². The molecule has 1 unspecified atom stereocenters. The molecule has 0 aliphatic carbocycles. The zero-order chi connectivity index (χ0) is 17.1. The zero-order valence-corrected chi connectivity index (χ0v) is 13.4. The van der Waals surface area contributed by atoms with Gasteiger partial charge in [0.1, 0.15) is 17.5 Å². The van der Waals surface area contributed by atoms with Crippen molar-refractivity contribution in [2.24, 2.45) is 0 Å². The summed E-state index contributed by atoms with van der Waals surface area (Å²) in [4.78, 5) is 8.22. The lowest BCUT2D eigenvalue weighted by molar-refractivity contribution is 0.103. The topological polar surface area (TPSA) is 39.9 Å². The van der Waals surface area contributed by atoms with Crippen molar-refractivity contribution in [1.29, 1.82) is 0 Å². The van der Waals surface area contributed by atoms with Crippen molar-refractivity contribution in [3.05, 3.63) is 60.6 Å². The van der Waals surface area contributed by atoms with E-state index in [9.17, 15) is 8.78 Å². The van der Waals surface area contributed by atoms with Gasteiger partial charge in [-0.15, -0.1) is 0 Å². The van der Waals surface area contributed by atoms with Gasteiger partial charge in [-0.3, -0.25) is 4.98 Å². The molecule has 1 atom stereocenters. The van der Waals surface area contributed by atoms with Crippen molar-refractivity contribution in [2.45, 2.75) is 19.6 Å². The summed E-state index contributed by atoms with van der Waals surface area (Å²) in [5.41, 5.74) is 1.49. The van der Waals surface area contributed by atoms with E-state index >= 15 is 0 Å². The molecule has 0 saturated carbocycles. The number of benzene rings is 1. The molecule has 0 fully saturated rings. The van der Waals surface area contributed by atoms with Gasteiger partial charge in [-0.2, -0.15) is 0 Å². The molecule has 3 aromatic rings. The van der Waals surface area contributed by atoms with Gasteiger partial charge in [-0.05, 0) is 31.2 Å². The fourth-order valence-electron chi connectivity index (χ4n) is 2.45. The maximum absolute atomic E-state index is 14.6. The molecule has 124 valence electrons. The van der Waals surface area contributed by atoms with E-state index in [4.69, 9.17) is 4.74 Å². The predicted molar refractivity (Wildman–Crippen MR) is 87.3 cm³/mol. The van der Waals surface area contributed by atoms with Gasteiger partial charge in [-0.25, -0.2) is 13.8 Å². The van der Waals surface area contributed by atoms with Gasteiger partial charge in [-0.1, -0.05) is 6.07 Å². The molecular weight excluding hydrogens is 312 g/mol. The molecule has 0 amide bonds. The summed E-state index contributed by atoms with van der Waals surface area (Å²) in [6.07, 6.45) is 4.52. The Labute approximate surface area is 138 Å². The van der Waals surface area contributed by atoms with Gasteiger partial charge >= 0.3 is 0 Å². The summed E-state index contributed by atoms with van der Waals surface area (Å²) in [7, 11) is 1.63. The van der Waals surface area contributed by atoms with E-state index in [0.29, 0.717) is 29.2 Å². The molecule has 2 aromatic heterocycles. The molecule has 0 saturated heterocycles. The summed E-state index contributed by atoms with van der Waals surface area (Å²) in [5.74, 6) is -0.295. The fourth-order valence-corrected chi connectivity index (χ4v) is 2.45. The third kappa shape index (κ3) is 3.33. The normalized spacial score (nSPS) is 12.3. The van der Waals surface area contributed by atoms with Crippen LogP contribution < -0.4 is 0 Å². The molecule has 0 aliphatic heterocycles. The third-order valence-electron chi connectivity index (χ3n) is 3.80. The van der Waals surface area contributed by atoms with Crippen LogP contribution in [-0.2, 0) is 11.3 Å². The van der Waals surface area contributed by atoms with Crippen LogP contribution in [0.25, 0.3) is 22.6 Å². The molecule has 3 rings (SSSR count). The second-order valence-corrected chi connectivity index (χ2v) is 5.51. The highest BCUT2D eigenvalue weighted by atomic mass is 19.1. The maximum atomic E-state index is 14.6. The molecule has 4 nitrogen and oxygen atoms in total. The Morgan fingerprint density at radius 3 is 2.67 bits per heavy atom. The number of pyridine rings is 1. The zero-order valence-electron chi connectivity index (χ0n) is 13.4. The minimum Gasteiger partial charge on any atom is -0.380 e. The molecule has 0 radical (unpaired) electrons. The van der Waals surface area contributed by atoms with Gasteiger partial charge in [0.2, 0.25) is 0 Å². The molecule has 2 heterocycles. The van der Waals surface area contributed by atoms with E-state index in [1.807, 2.05) is 11.5 Å². The Bertz CT molecular complexity index is 831. The average Bonchev–Trinajstić information content (AvgIpc) is 3.03. The molecule has 0 N–H and O–H groups in total. The number of methoxy groups -OCH3 is 1. The molecule has 6 heteroatoms. The van der Waals surface area contributed by atoms with Crippen molar-refractivity contribution >= 4 is 0 Å². The van der Waals surface area contributed by atoms with Gasteiger partial charge in [0.15, 0.2) is 0 Å². The van der Waals surface area contributed by atoms with Gasteiger partial charge < -0.3 is 9.30 Å². The Kier molecular flexibility index (Phi) is 4.66. The Hall–Kier alpha value is -2.60. The van der Waals surface area contributed by atoms with Crippen LogP contribution in [0.5, 0.6) is 0 Å². The monoisotopic (exact) mass is 329 g/mol. The van der Waals surface area contributed by atoms with E-state index in [0.717, 1.165) is 6.20 Å². The van der Waals surface area contributed by atoms with E-state index in [2.05, 4.69) is 9.97 Å².